The van der Waals surface area contributed by atoms with Crippen LogP contribution in [0.1, 0.15) is 59.8 Å². The smallest absolute Gasteiger partial charge is 0.187 e. The maximum atomic E-state index is 12.4. The summed E-state index contributed by atoms with van der Waals surface area (Å²) in [5, 5.41) is 51.0. The summed E-state index contributed by atoms with van der Waals surface area (Å²) < 4.78 is 11.6. The molecule has 2 saturated carbocycles. The Kier molecular flexibility index (Phi) is 6.22. The van der Waals surface area contributed by atoms with E-state index in [2.05, 4.69) is 0 Å². The summed E-state index contributed by atoms with van der Waals surface area (Å²) in [4.78, 5) is 12.4. The lowest BCUT2D eigenvalue weighted by molar-refractivity contribution is -0.332. The summed E-state index contributed by atoms with van der Waals surface area (Å²) in [5.74, 6) is -0.105. The molecule has 0 radical (unpaired) electrons. The van der Waals surface area contributed by atoms with Crippen LogP contribution in [-0.4, -0.2) is 79.8 Å². The van der Waals surface area contributed by atoms with Crippen molar-refractivity contribution in [3.63, 3.8) is 0 Å². The first-order chi connectivity index (χ1) is 13.4. The first-order valence-electron chi connectivity index (χ1n) is 10.6. The van der Waals surface area contributed by atoms with Gasteiger partial charge in [-0.05, 0) is 45.4 Å². The summed E-state index contributed by atoms with van der Waals surface area (Å²) in [6.07, 6.45) is -3.90. The summed E-state index contributed by atoms with van der Waals surface area (Å²) in [6, 6.07) is 0. The number of aliphatic hydroxyl groups is 5. The van der Waals surface area contributed by atoms with E-state index in [9.17, 15) is 30.3 Å². The van der Waals surface area contributed by atoms with Gasteiger partial charge in [-0.1, -0.05) is 13.8 Å². The van der Waals surface area contributed by atoms with Gasteiger partial charge in [-0.3, -0.25) is 4.79 Å². The first kappa shape index (κ1) is 23.1. The van der Waals surface area contributed by atoms with Crippen LogP contribution in [0.5, 0.6) is 0 Å². The third kappa shape index (κ3) is 3.78. The molecule has 8 nitrogen and oxygen atoms in total. The number of aliphatic hydroxyl groups excluding tert-OH is 4. The minimum absolute atomic E-state index is 0.0199. The van der Waals surface area contributed by atoms with Crippen molar-refractivity contribution < 1.29 is 39.8 Å². The molecule has 0 aromatic carbocycles. The fourth-order valence-electron chi connectivity index (χ4n) is 5.55. The molecular formula is C21H36O8. The predicted octanol–water partition coefficient (Wildman–Crippen LogP) is 0.118. The van der Waals surface area contributed by atoms with E-state index < -0.39 is 53.9 Å². The van der Waals surface area contributed by atoms with E-state index in [-0.39, 0.29) is 17.6 Å². The van der Waals surface area contributed by atoms with Gasteiger partial charge in [0.2, 0.25) is 0 Å². The molecule has 168 valence electrons. The molecule has 1 saturated heterocycles. The molecular weight excluding hydrogens is 380 g/mol. The zero-order valence-electron chi connectivity index (χ0n) is 17.7. The Morgan fingerprint density at radius 3 is 2.45 bits per heavy atom. The summed E-state index contributed by atoms with van der Waals surface area (Å²) >= 11 is 0. The Balaban J connectivity index is 1.77. The molecule has 0 bridgehead atoms. The Morgan fingerprint density at radius 2 is 1.83 bits per heavy atom. The molecule has 0 spiro atoms. The highest BCUT2D eigenvalue weighted by Gasteiger charge is 2.59. The molecule has 0 aromatic rings. The molecule has 3 fully saturated rings. The summed E-state index contributed by atoms with van der Waals surface area (Å²) in [7, 11) is 0. The molecule has 29 heavy (non-hydrogen) atoms. The van der Waals surface area contributed by atoms with Crippen molar-refractivity contribution in [2.24, 2.45) is 17.3 Å². The van der Waals surface area contributed by atoms with E-state index in [0.717, 1.165) is 0 Å². The van der Waals surface area contributed by atoms with Crippen molar-refractivity contribution in [3.8, 4) is 0 Å². The van der Waals surface area contributed by atoms with Crippen molar-refractivity contribution in [1.29, 1.82) is 0 Å². The third-order valence-electron chi connectivity index (χ3n) is 8.12. The molecule has 2 aliphatic carbocycles. The average Bonchev–Trinajstić information content (AvgIpc) is 2.67. The molecule has 1 aliphatic heterocycles. The van der Waals surface area contributed by atoms with Gasteiger partial charge in [-0.15, -0.1) is 0 Å². The number of carbonyl (C=O) groups excluding carboxylic acids is 1. The zero-order valence-corrected chi connectivity index (χ0v) is 17.7. The Labute approximate surface area is 171 Å². The molecule has 3 rings (SSSR count). The van der Waals surface area contributed by atoms with Crippen LogP contribution in [0, 0.1) is 17.3 Å². The van der Waals surface area contributed by atoms with Crippen LogP contribution in [0.3, 0.4) is 0 Å². The van der Waals surface area contributed by atoms with Crippen molar-refractivity contribution in [2.75, 3.05) is 6.61 Å². The Bertz CT molecular complexity index is 622. The highest BCUT2D eigenvalue weighted by atomic mass is 16.7. The van der Waals surface area contributed by atoms with Crippen LogP contribution < -0.4 is 0 Å². The first-order valence-corrected chi connectivity index (χ1v) is 10.6. The number of hydrogen-bond acceptors (Lipinski definition) is 8. The van der Waals surface area contributed by atoms with Crippen LogP contribution in [0.15, 0.2) is 0 Å². The van der Waals surface area contributed by atoms with Gasteiger partial charge in [0.1, 0.15) is 30.2 Å². The highest BCUT2D eigenvalue weighted by Crippen LogP contribution is 2.58. The van der Waals surface area contributed by atoms with E-state index in [1.807, 2.05) is 27.7 Å². The standard InChI is InChI=1S/C21H36O8/c1-11-13(23)6-8-21(27)7-5-12(9-20(11,21)4)19(2,3)29-18-17(26)16(25)15(24)14(10-22)28-18/h11-12,14-18,22,24-27H,5-10H2,1-4H3/t11-,12-,14+,15+,16-,17+,18-,20+,21-/m0/s1. The average molecular weight is 417 g/mol. The van der Waals surface area contributed by atoms with E-state index in [4.69, 9.17) is 9.47 Å². The fraction of sp³-hybridized carbons (Fsp3) is 0.952. The molecule has 0 amide bonds. The molecule has 9 atom stereocenters. The topological polar surface area (TPSA) is 137 Å². The van der Waals surface area contributed by atoms with Gasteiger partial charge < -0.3 is 35.0 Å². The third-order valence-corrected chi connectivity index (χ3v) is 8.12. The van der Waals surface area contributed by atoms with E-state index in [0.29, 0.717) is 32.1 Å². The minimum atomic E-state index is -1.49. The monoisotopic (exact) mass is 416 g/mol. The maximum absolute atomic E-state index is 12.4. The van der Waals surface area contributed by atoms with Crippen LogP contribution in [0.2, 0.25) is 0 Å². The maximum Gasteiger partial charge on any atom is 0.187 e. The molecule has 8 heteroatoms. The molecule has 3 aliphatic rings. The van der Waals surface area contributed by atoms with Gasteiger partial charge in [0.25, 0.3) is 0 Å². The van der Waals surface area contributed by atoms with Crippen LogP contribution >= 0.6 is 0 Å². The normalized spacial score (nSPS) is 49.0. The number of rotatable bonds is 4. The van der Waals surface area contributed by atoms with Gasteiger partial charge >= 0.3 is 0 Å². The number of hydrogen-bond donors (Lipinski definition) is 5. The predicted molar refractivity (Wildman–Crippen MR) is 103 cm³/mol. The Hall–Kier alpha value is -0.610. The van der Waals surface area contributed by atoms with Crippen molar-refractivity contribution in [1.82, 2.24) is 0 Å². The van der Waals surface area contributed by atoms with Crippen molar-refractivity contribution >= 4 is 5.78 Å². The second-order valence-corrected chi connectivity index (χ2v) is 10.00. The van der Waals surface area contributed by atoms with Crippen molar-refractivity contribution in [2.45, 2.75) is 102 Å². The highest BCUT2D eigenvalue weighted by molar-refractivity contribution is 5.82. The van der Waals surface area contributed by atoms with Crippen LogP contribution in [0.25, 0.3) is 0 Å². The number of ketones is 1. The van der Waals surface area contributed by atoms with Gasteiger partial charge in [-0.25, -0.2) is 0 Å². The number of fused-ring (bicyclic) bond motifs is 1. The second kappa shape index (κ2) is 7.82. The quantitative estimate of drug-likeness (QED) is 0.436. The van der Waals surface area contributed by atoms with Crippen LogP contribution in [0.4, 0.5) is 0 Å². The Morgan fingerprint density at radius 1 is 1.17 bits per heavy atom. The molecule has 5 N–H and O–H groups in total. The van der Waals surface area contributed by atoms with E-state index >= 15 is 0 Å². The fourth-order valence-corrected chi connectivity index (χ4v) is 5.55. The summed E-state index contributed by atoms with van der Waals surface area (Å²) in [6.45, 7) is 7.08. The lowest BCUT2D eigenvalue weighted by Crippen LogP contribution is -2.63. The SMILES string of the molecule is C[C@H]1C(=O)CC[C@@]2(O)CC[C@H](C(C)(C)O[C@@H]3O[C@H](CO)[C@@H](O)[C@H](O)[C@H]3O)C[C@]12C. The number of carbonyl (C=O) groups is 1. The molecule has 0 aromatic heterocycles. The number of ether oxygens (including phenoxy) is 2. The molecule has 1 heterocycles. The van der Waals surface area contributed by atoms with Gasteiger partial charge in [0.05, 0.1) is 17.8 Å². The number of Topliss-reactive ketones (excluding diaryl/α,β-unsaturated/α-hetero) is 1. The van der Waals surface area contributed by atoms with Gasteiger partial charge in [0.15, 0.2) is 6.29 Å². The van der Waals surface area contributed by atoms with Gasteiger partial charge in [0, 0.05) is 17.8 Å². The van der Waals surface area contributed by atoms with Crippen molar-refractivity contribution in [3.05, 3.63) is 0 Å². The van der Waals surface area contributed by atoms with Crippen LogP contribution in [-0.2, 0) is 14.3 Å². The van der Waals surface area contributed by atoms with Gasteiger partial charge in [-0.2, -0.15) is 0 Å². The van der Waals surface area contributed by atoms with E-state index in [1.54, 1.807) is 0 Å². The molecule has 0 unspecified atom stereocenters. The second-order valence-electron chi connectivity index (χ2n) is 10.00. The lowest BCUT2D eigenvalue weighted by atomic mass is 9.50. The van der Waals surface area contributed by atoms with E-state index in [1.165, 1.54) is 0 Å². The largest absolute Gasteiger partial charge is 0.394 e. The summed E-state index contributed by atoms with van der Waals surface area (Å²) in [5.41, 5.74) is -2.24. The zero-order chi connectivity index (χ0) is 21.8. The minimum Gasteiger partial charge on any atom is -0.394 e. The lowest BCUT2D eigenvalue weighted by Gasteiger charge is -2.58.